The molecular formula is C17H21Cl2N3O6. The Morgan fingerprint density at radius 1 is 1.29 bits per heavy atom. The van der Waals surface area contributed by atoms with E-state index in [0.29, 0.717) is 0 Å². The fourth-order valence-electron chi connectivity index (χ4n) is 2.94. The summed E-state index contributed by atoms with van der Waals surface area (Å²) in [5, 5.41) is 20.9. The first-order valence-electron chi connectivity index (χ1n) is 8.49. The van der Waals surface area contributed by atoms with E-state index in [9.17, 15) is 24.8 Å². The van der Waals surface area contributed by atoms with Crippen LogP contribution in [0, 0.1) is 10.1 Å². The first-order valence-corrected chi connectivity index (χ1v) is 9.24. The van der Waals surface area contributed by atoms with Gasteiger partial charge in [0.1, 0.15) is 11.3 Å². The highest BCUT2D eigenvalue weighted by molar-refractivity contribution is 6.42. The molecular weight excluding hydrogens is 413 g/mol. The quantitative estimate of drug-likeness (QED) is 0.566. The summed E-state index contributed by atoms with van der Waals surface area (Å²) < 4.78 is 5.34. The van der Waals surface area contributed by atoms with Crippen LogP contribution in [0.1, 0.15) is 27.2 Å². The SMILES string of the molecule is CC(C)(C)OC(=O)N1CCN(c2cc(Cl)c(Cl)cc2[N+](=O)[O-])C(CC(=O)O)C1. The summed E-state index contributed by atoms with van der Waals surface area (Å²) >= 11 is 11.9. The number of nitro benzene ring substituents is 1. The van der Waals surface area contributed by atoms with Crippen LogP contribution in [0.3, 0.4) is 0 Å². The Balaban J connectivity index is 2.35. The maximum Gasteiger partial charge on any atom is 0.410 e. The molecule has 1 aliphatic heterocycles. The van der Waals surface area contributed by atoms with Gasteiger partial charge in [0.15, 0.2) is 0 Å². The lowest BCUT2D eigenvalue weighted by Gasteiger charge is -2.42. The van der Waals surface area contributed by atoms with E-state index >= 15 is 0 Å². The number of rotatable bonds is 4. The number of carbonyl (C=O) groups is 2. The van der Waals surface area contributed by atoms with Crippen LogP contribution in [-0.4, -0.2) is 58.3 Å². The molecule has 154 valence electrons. The van der Waals surface area contributed by atoms with Gasteiger partial charge in [-0.2, -0.15) is 0 Å². The van der Waals surface area contributed by atoms with Crippen LogP contribution in [0.5, 0.6) is 0 Å². The average Bonchev–Trinajstić information content (AvgIpc) is 2.54. The molecule has 2 rings (SSSR count). The molecule has 1 heterocycles. The third kappa shape index (κ3) is 5.39. The van der Waals surface area contributed by atoms with Crippen LogP contribution >= 0.6 is 23.2 Å². The normalized spacial score (nSPS) is 17.4. The number of amides is 1. The summed E-state index contributed by atoms with van der Waals surface area (Å²) in [6.45, 7) is 5.62. The lowest BCUT2D eigenvalue weighted by Crippen LogP contribution is -2.56. The number of nitro groups is 1. The molecule has 0 radical (unpaired) electrons. The molecule has 1 aromatic rings. The molecule has 1 amide bonds. The van der Waals surface area contributed by atoms with Gasteiger partial charge in [0.2, 0.25) is 0 Å². The standard InChI is InChI=1S/C17H21Cl2N3O6/c1-17(2,3)28-16(25)20-4-5-21(10(9-20)6-15(23)24)13-7-11(18)12(19)8-14(13)22(26)27/h7-8,10H,4-6,9H2,1-3H3,(H,23,24). The molecule has 11 heteroatoms. The maximum absolute atomic E-state index is 12.4. The third-order valence-corrected chi connectivity index (χ3v) is 4.79. The van der Waals surface area contributed by atoms with E-state index in [1.807, 2.05) is 0 Å². The number of benzene rings is 1. The largest absolute Gasteiger partial charge is 0.481 e. The molecule has 1 atom stereocenters. The summed E-state index contributed by atoms with van der Waals surface area (Å²) in [6, 6.07) is 1.78. The van der Waals surface area contributed by atoms with Crippen LogP contribution < -0.4 is 4.90 Å². The van der Waals surface area contributed by atoms with Crippen LogP contribution in [0.25, 0.3) is 0 Å². The van der Waals surface area contributed by atoms with Crippen molar-refractivity contribution < 1.29 is 24.4 Å². The van der Waals surface area contributed by atoms with E-state index in [1.165, 1.54) is 11.0 Å². The lowest BCUT2D eigenvalue weighted by atomic mass is 10.1. The second-order valence-corrected chi connectivity index (χ2v) is 8.20. The number of nitrogens with zero attached hydrogens (tertiary/aromatic N) is 3. The van der Waals surface area contributed by atoms with Gasteiger partial charge in [0, 0.05) is 25.7 Å². The number of aliphatic carboxylic acids is 1. The fraction of sp³-hybridized carbons (Fsp3) is 0.529. The average molecular weight is 434 g/mol. The number of ether oxygens (including phenoxy) is 1. The van der Waals surface area contributed by atoms with Crippen LogP contribution in [0.2, 0.25) is 10.0 Å². The van der Waals surface area contributed by atoms with Crippen LogP contribution in [0.4, 0.5) is 16.2 Å². The molecule has 1 N–H and O–H groups in total. The van der Waals surface area contributed by atoms with E-state index in [-0.39, 0.29) is 47.5 Å². The Hall–Kier alpha value is -2.26. The molecule has 1 fully saturated rings. The smallest absolute Gasteiger partial charge is 0.410 e. The van der Waals surface area contributed by atoms with Crippen molar-refractivity contribution in [2.45, 2.75) is 38.8 Å². The predicted octanol–water partition coefficient (Wildman–Crippen LogP) is 3.80. The van der Waals surface area contributed by atoms with Crippen molar-refractivity contribution in [2.75, 3.05) is 24.5 Å². The topological polar surface area (TPSA) is 113 Å². The number of hydrogen-bond donors (Lipinski definition) is 1. The van der Waals surface area contributed by atoms with Gasteiger partial charge in [-0.15, -0.1) is 0 Å². The third-order valence-electron chi connectivity index (χ3n) is 4.07. The number of anilines is 1. The van der Waals surface area contributed by atoms with E-state index in [2.05, 4.69) is 0 Å². The van der Waals surface area contributed by atoms with Gasteiger partial charge >= 0.3 is 12.1 Å². The van der Waals surface area contributed by atoms with Gasteiger partial charge in [-0.3, -0.25) is 14.9 Å². The summed E-state index contributed by atoms with van der Waals surface area (Å²) in [4.78, 5) is 37.5. The molecule has 0 aliphatic carbocycles. The predicted molar refractivity (Wildman–Crippen MR) is 104 cm³/mol. The molecule has 1 unspecified atom stereocenters. The Morgan fingerprint density at radius 3 is 2.43 bits per heavy atom. The first-order chi connectivity index (χ1) is 12.9. The molecule has 28 heavy (non-hydrogen) atoms. The lowest BCUT2D eigenvalue weighted by molar-refractivity contribution is -0.384. The molecule has 0 saturated carbocycles. The van der Waals surface area contributed by atoms with Gasteiger partial charge in [-0.25, -0.2) is 4.79 Å². The first kappa shape index (κ1) is 22.0. The number of carboxylic acids is 1. The van der Waals surface area contributed by atoms with Gasteiger partial charge in [-0.1, -0.05) is 23.2 Å². The minimum atomic E-state index is -1.09. The summed E-state index contributed by atoms with van der Waals surface area (Å²) in [5.41, 5.74) is -0.816. The summed E-state index contributed by atoms with van der Waals surface area (Å²) in [6.07, 6.45) is -0.886. The second kappa shape index (κ2) is 8.40. The van der Waals surface area contributed by atoms with Gasteiger partial charge in [-0.05, 0) is 26.8 Å². The number of hydrogen-bond acceptors (Lipinski definition) is 6. The van der Waals surface area contributed by atoms with Crippen molar-refractivity contribution in [1.29, 1.82) is 0 Å². The summed E-state index contributed by atoms with van der Waals surface area (Å²) in [7, 11) is 0. The maximum atomic E-state index is 12.4. The minimum Gasteiger partial charge on any atom is -0.481 e. The van der Waals surface area contributed by atoms with Crippen molar-refractivity contribution in [3.63, 3.8) is 0 Å². The molecule has 1 saturated heterocycles. The Morgan fingerprint density at radius 2 is 1.89 bits per heavy atom. The van der Waals surface area contributed by atoms with Crippen molar-refractivity contribution in [3.05, 3.63) is 32.3 Å². The van der Waals surface area contributed by atoms with Crippen LogP contribution in [-0.2, 0) is 9.53 Å². The molecule has 0 spiro atoms. The van der Waals surface area contributed by atoms with Crippen molar-refractivity contribution >= 4 is 46.6 Å². The Labute approximate surface area is 171 Å². The van der Waals surface area contributed by atoms with Crippen molar-refractivity contribution in [1.82, 2.24) is 4.90 Å². The number of halogens is 2. The Bertz CT molecular complexity index is 796. The zero-order chi connectivity index (χ0) is 21.2. The fourth-order valence-corrected chi connectivity index (χ4v) is 3.26. The number of piperazine rings is 1. The highest BCUT2D eigenvalue weighted by Gasteiger charge is 2.36. The van der Waals surface area contributed by atoms with Crippen LogP contribution in [0.15, 0.2) is 12.1 Å². The molecule has 9 nitrogen and oxygen atoms in total. The summed E-state index contributed by atoms with van der Waals surface area (Å²) in [5.74, 6) is -1.09. The molecule has 1 aliphatic rings. The number of carbonyl (C=O) groups excluding carboxylic acids is 1. The highest BCUT2D eigenvalue weighted by atomic mass is 35.5. The monoisotopic (exact) mass is 433 g/mol. The molecule has 0 aromatic heterocycles. The highest BCUT2D eigenvalue weighted by Crippen LogP contribution is 2.38. The van der Waals surface area contributed by atoms with E-state index in [1.54, 1.807) is 25.7 Å². The zero-order valence-corrected chi connectivity index (χ0v) is 17.2. The zero-order valence-electron chi connectivity index (χ0n) is 15.6. The minimum absolute atomic E-state index is 0.0271. The van der Waals surface area contributed by atoms with E-state index in [4.69, 9.17) is 27.9 Å². The van der Waals surface area contributed by atoms with E-state index < -0.39 is 28.6 Å². The van der Waals surface area contributed by atoms with Crippen molar-refractivity contribution in [3.8, 4) is 0 Å². The van der Waals surface area contributed by atoms with E-state index in [0.717, 1.165) is 6.07 Å². The van der Waals surface area contributed by atoms with Gasteiger partial charge < -0.3 is 19.6 Å². The van der Waals surface area contributed by atoms with Gasteiger partial charge in [0.25, 0.3) is 5.69 Å². The number of carboxylic acid groups (broad SMARTS) is 1. The second-order valence-electron chi connectivity index (χ2n) is 7.38. The van der Waals surface area contributed by atoms with Gasteiger partial charge in [0.05, 0.1) is 27.4 Å². The molecule has 0 bridgehead atoms. The molecule has 1 aromatic carbocycles. The Kier molecular flexibility index (Phi) is 6.61. The van der Waals surface area contributed by atoms with Crippen molar-refractivity contribution in [2.24, 2.45) is 0 Å².